The van der Waals surface area contributed by atoms with E-state index in [2.05, 4.69) is 34.6 Å². The van der Waals surface area contributed by atoms with E-state index in [0.29, 0.717) is 12.3 Å². The van der Waals surface area contributed by atoms with Crippen LogP contribution < -0.4 is 0 Å². The Kier molecular flexibility index (Phi) is 5.80. The smallest absolute Gasteiger partial charge is 0.0849 e. The summed E-state index contributed by atoms with van der Waals surface area (Å²) in [7, 11) is 0. The van der Waals surface area contributed by atoms with Crippen molar-refractivity contribution in [2.45, 2.75) is 136 Å². The van der Waals surface area contributed by atoms with Crippen LogP contribution in [0.25, 0.3) is 0 Å². The molecule has 2 spiro atoms. The minimum absolute atomic E-state index is 0.0124. The molecule has 202 valence electrons. The summed E-state index contributed by atoms with van der Waals surface area (Å²) < 4.78 is 0. The second kappa shape index (κ2) is 7.68. The van der Waals surface area contributed by atoms with E-state index >= 15 is 0 Å². The standard InChI is InChI=1S/C30H52O5/c1-17(8-9-22(34)26(4,5)35)23-19(32)15-28(7)20-14-18(31)24-25(2,3)21(33)10-11-30(24)16-29(20,30)13-12-27(23,28)6/h17-24,31-35H,8-16H2,1-7H3. The fourth-order valence-electron chi connectivity index (χ4n) is 11.5. The Balaban J connectivity index is 1.43. The van der Waals surface area contributed by atoms with Crippen molar-refractivity contribution >= 4 is 0 Å². The lowest BCUT2D eigenvalue weighted by Crippen LogP contribution is -2.61. The van der Waals surface area contributed by atoms with Crippen molar-refractivity contribution in [2.24, 2.45) is 50.7 Å². The monoisotopic (exact) mass is 492 g/mol. The van der Waals surface area contributed by atoms with Gasteiger partial charge in [-0.25, -0.2) is 0 Å². The summed E-state index contributed by atoms with van der Waals surface area (Å²) in [4.78, 5) is 0. The lowest BCUT2D eigenvalue weighted by atomic mass is 9.41. The van der Waals surface area contributed by atoms with Gasteiger partial charge >= 0.3 is 0 Å². The predicted molar refractivity (Wildman–Crippen MR) is 136 cm³/mol. The van der Waals surface area contributed by atoms with Crippen LogP contribution >= 0.6 is 0 Å². The Hall–Kier alpha value is -0.200. The van der Waals surface area contributed by atoms with Crippen LogP contribution in [0.15, 0.2) is 0 Å². The maximum atomic E-state index is 11.6. The summed E-state index contributed by atoms with van der Waals surface area (Å²) in [5, 5.41) is 54.7. The summed E-state index contributed by atoms with van der Waals surface area (Å²) in [5.74, 6) is 0.973. The number of aliphatic hydroxyl groups is 5. The number of hydrogen-bond donors (Lipinski definition) is 5. The Bertz CT molecular complexity index is 850. The highest BCUT2D eigenvalue weighted by Crippen LogP contribution is 2.89. The maximum absolute atomic E-state index is 11.6. The van der Waals surface area contributed by atoms with Crippen molar-refractivity contribution in [3.8, 4) is 0 Å². The third-order valence-corrected chi connectivity index (χ3v) is 13.4. The molecule has 0 amide bonds. The van der Waals surface area contributed by atoms with E-state index < -0.39 is 17.8 Å². The number of aliphatic hydroxyl groups excluding tert-OH is 4. The van der Waals surface area contributed by atoms with Gasteiger partial charge in [0.25, 0.3) is 0 Å². The molecule has 5 rings (SSSR count). The van der Waals surface area contributed by atoms with Crippen LogP contribution in [0.1, 0.15) is 106 Å². The van der Waals surface area contributed by atoms with Gasteiger partial charge in [0, 0.05) is 0 Å². The zero-order valence-electron chi connectivity index (χ0n) is 23.2. The highest BCUT2D eigenvalue weighted by Gasteiger charge is 2.84. The molecule has 12 atom stereocenters. The Labute approximate surface area is 212 Å². The summed E-state index contributed by atoms with van der Waals surface area (Å²) in [5.41, 5.74) is -1.03. The van der Waals surface area contributed by atoms with E-state index in [-0.39, 0.29) is 57.0 Å². The molecular weight excluding hydrogens is 440 g/mol. The van der Waals surface area contributed by atoms with Gasteiger partial charge in [0.05, 0.1) is 30.0 Å². The first kappa shape index (κ1) is 26.4. The first-order valence-electron chi connectivity index (χ1n) is 14.4. The Morgan fingerprint density at radius 2 is 1.54 bits per heavy atom. The summed E-state index contributed by atoms with van der Waals surface area (Å²) in [6.07, 6.45) is 6.35. The molecule has 5 N–H and O–H groups in total. The Morgan fingerprint density at radius 1 is 0.886 bits per heavy atom. The fraction of sp³-hybridized carbons (Fsp3) is 1.00. The molecule has 0 heterocycles. The van der Waals surface area contributed by atoms with E-state index in [4.69, 9.17) is 0 Å². The van der Waals surface area contributed by atoms with Gasteiger partial charge in [-0.1, -0.05) is 34.6 Å². The van der Waals surface area contributed by atoms with Gasteiger partial charge < -0.3 is 25.5 Å². The molecule has 5 aliphatic rings. The first-order valence-corrected chi connectivity index (χ1v) is 14.4. The second-order valence-electron chi connectivity index (χ2n) is 15.6. The molecule has 5 aliphatic carbocycles. The van der Waals surface area contributed by atoms with Crippen LogP contribution in [0.2, 0.25) is 0 Å². The maximum Gasteiger partial charge on any atom is 0.0849 e. The fourth-order valence-corrected chi connectivity index (χ4v) is 11.5. The number of rotatable bonds is 5. The van der Waals surface area contributed by atoms with Crippen molar-refractivity contribution < 1.29 is 25.5 Å². The van der Waals surface area contributed by atoms with E-state index in [1.54, 1.807) is 13.8 Å². The summed E-state index contributed by atoms with van der Waals surface area (Å²) >= 11 is 0. The third-order valence-electron chi connectivity index (χ3n) is 13.4. The third kappa shape index (κ3) is 3.23. The topological polar surface area (TPSA) is 101 Å². The molecule has 5 fully saturated rings. The largest absolute Gasteiger partial charge is 0.393 e. The minimum atomic E-state index is -1.11. The number of fused-ring (bicyclic) bond motifs is 2. The molecule has 0 aromatic rings. The van der Waals surface area contributed by atoms with Crippen LogP contribution in [-0.4, -0.2) is 55.5 Å². The molecule has 5 heteroatoms. The second-order valence-corrected chi connectivity index (χ2v) is 15.6. The van der Waals surface area contributed by atoms with E-state index in [1.807, 2.05) is 0 Å². The average Bonchev–Trinajstić information content (AvgIpc) is 3.32. The average molecular weight is 493 g/mol. The van der Waals surface area contributed by atoms with Crippen molar-refractivity contribution in [1.29, 1.82) is 0 Å². The van der Waals surface area contributed by atoms with Gasteiger partial charge in [-0.05, 0) is 122 Å². The molecule has 0 aromatic heterocycles. The molecule has 5 nitrogen and oxygen atoms in total. The highest BCUT2D eigenvalue weighted by atomic mass is 16.3. The van der Waals surface area contributed by atoms with Gasteiger partial charge in [-0.3, -0.25) is 0 Å². The zero-order chi connectivity index (χ0) is 26.0. The normalized spacial score (nSPS) is 54.2. The number of hydrogen-bond acceptors (Lipinski definition) is 5. The van der Waals surface area contributed by atoms with Gasteiger partial charge in [-0.2, -0.15) is 0 Å². The Morgan fingerprint density at radius 3 is 2.17 bits per heavy atom. The van der Waals surface area contributed by atoms with Gasteiger partial charge in [0.2, 0.25) is 0 Å². The van der Waals surface area contributed by atoms with E-state index in [1.165, 1.54) is 12.8 Å². The quantitative estimate of drug-likeness (QED) is 0.394. The first-order chi connectivity index (χ1) is 16.0. The van der Waals surface area contributed by atoms with E-state index in [9.17, 15) is 25.5 Å². The lowest BCUT2D eigenvalue weighted by molar-refractivity contribution is -0.198. The predicted octanol–water partition coefficient (Wildman–Crippen LogP) is 4.28. The van der Waals surface area contributed by atoms with Crippen LogP contribution in [0, 0.1) is 50.7 Å². The van der Waals surface area contributed by atoms with Crippen LogP contribution in [-0.2, 0) is 0 Å². The van der Waals surface area contributed by atoms with Crippen molar-refractivity contribution in [2.75, 3.05) is 0 Å². The summed E-state index contributed by atoms with van der Waals surface area (Å²) in [6.45, 7) is 14.7. The molecule has 12 unspecified atom stereocenters. The van der Waals surface area contributed by atoms with Crippen LogP contribution in [0.5, 0.6) is 0 Å². The molecule has 35 heavy (non-hydrogen) atoms. The van der Waals surface area contributed by atoms with Crippen molar-refractivity contribution in [3.63, 3.8) is 0 Å². The van der Waals surface area contributed by atoms with Crippen molar-refractivity contribution in [3.05, 3.63) is 0 Å². The minimum Gasteiger partial charge on any atom is -0.393 e. The molecular formula is C30H52O5. The summed E-state index contributed by atoms with van der Waals surface area (Å²) in [6, 6.07) is 0. The molecule has 0 radical (unpaired) electrons. The SMILES string of the molecule is CC(CCC(O)C(C)(C)O)C1C(O)CC2(C)C3CC(O)C4C(C)(C)C(O)CCC45CC35CCC12C. The van der Waals surface area contributed by atoms with Crippen LogP contribution in [0.3, 0.4) is 0 Å². The molecule has 0 bridgehead atoms. The molecule has 0 aliphatic heterocycles. The molecule has 5 saturated carbocycles. The van der Waals surface area contributed by atoms with Crippen LogP contribution in [0.4, 0.5) is 0 Å². The van der Waals surface area contributed by atoms with E-state index in [0.717, 1.165) is 38.5 Å². The zero-order valence-corrected chi connectivity index (χ0v) is 23.2. The highest BCUT2D eigenvalue weighted by molar-refractivity contribution is 5.32. The van der Waals surface area contributed by atoms with Gasteiger partial charge in [0.1, 0.15) is 0 Å². The molecule has 0 saturated heterocycles. The lowest BCUT2D eigenvalue weighted by Gasteiger charge is -2.64. The molecule has 0 aromatic carbocycles. The van der Waals surface area contributed by atoms with Gasteiger partial charge in [0.15, 0.2) is 0 Å². The van der Waals surface area contributed by atoms with Crippen molar-refractivity contribution in [1.82, 2.24) is 0 Å². The van der Waals surface area contributed by atoms with Gasteiger partial charge in [-0.15, -0.1) is 0 Å².